The molecule has 0 amide bonds. The van der Waals surface area contributed by atoms with Gasteiger partial charge < -0.3 is 15.6 Å². The smallest absolute Gasteiger partial charge is 0.320 e. The van der Waals surface area contributed by atoms with Crippen molar-refractivity contribution in [3.05, 3.63) is 34.9 Å². The predicted octanol–water partition coefficient (Wildman–Crippen LogP) is 3.18. The van der Waals surface area contributed by atoms with Crippen molar-refractivity contribution in [3.63, 3.8) is 0 Å². The second kappa shape index (κ2) is 7.99. The number of carbonyl (C=O) groups is 2. The van der Waals surface area contributed by atoms with E-state index >= 15 is 0 Å². The molecule has 0 radical (unpaired) electrons. The van der Waals surface area contributed by atoms with E-state index in [1.54, 1.807) is 0 Å². The molecule has 132 valence electrons. The predicted molar refractivity (Wildman–Crippen MR) is 91.8 cm³/mol. The summed E-state index contributed by atoms with van der Waals surface area (Å²) in [5.74, 6) is -1.47. The molecule has 0 heterocycles. The van der Waals surface area contributed by atoms with Crippen LogP contribution >= 0.6 is 11.6 Å². The minimum atomic E-state index is -1.05. The van der Waals surface area contributed by atoms with Gasteiger partial charge in [-0.25, -0.2) is 0 Å². The average molecular weight is 354 g/mol. The first-order valence-electron chi connectivity index (χ1n) is 8.24. The van der Waals surface area contributed by atoms with Crippen molar-refractivity contribution in [2.24, 2.45) is 11.7 Å². The van der Waals surface area contributed by atoms with Crippen LogP contribution in [0.15, 0.2) is 24.3 Å². The lowest BCUT2D eigenvalue weighted by molar-refractivity contribution is -0.170. The minimum Gasteiger partial charge on any atom is -0.480 e. The molecule has 2 atom stereocenters. The molecule has 1 saturated carbocycles. The Morgan fingerprint density at radius 3 is 2.67 bits per heavy atom. The van der Waals surface area contributed by atoms with Gasteiger partial charge in [0.05, 0.1) is 0 Å². The standard InChI is InChI=1S/C18H24ClNO4/c1-12(8-15(20)17(22)23)9-16(21)24-18(6-3-7-18)11-13-4-2-5-14(19)10-13/h2,4-5,10,12,15H,3,6-9,11,20H2,1H3,(H,22,23)/t12?,15-/m0/s1. The van der Waals surface area contributed by atoms with Crippen LogP contribution in [0.25, 0.3) is 0 Å². The maximum absolute atomic E-state index is 12.2. The summed E-state index contributed by atoms with van der Waals surface area (Å²) in [6.07, 6.45) is 3.81. The lowest BCUT2D eigenvalue weighted by Crippen LogP contribution is -2.44. The van der Waals surface area contributed by atoms with Gasteiger partial charge >= 0.3 is 11.9 Å². The molecule has 0 aromatic heterocycles. The summed E-state index contributed by atoms with van der Waals surface area (Å²) in [4.78, 5) is 23.0. The van der Waals surface area contributed by atoms with E-state index in [-0.39, 0.29) is 24.7 Å². The monoisotopic (exact) mass is 353 g/mol. The Morgan fingerprint density at radius 2 is 2.12 bits per heavy atom. The first-order chi connectivity index (χ1) is 11.3. The molecule has 6 heteroatoms. The van der Waals surface area contributed by atoms with Gasteiger partial charge in [0.1, 0.15) is 11.6 Å². The van der Waals surface area contributed by atoms with E-state index < -0.39 is 17.6 Å². The number of halogens is 1. The number of esters is 1. The number of aliphatic carboxylic acids is 1. The second-order valence-electron chi connectivity index (χ2n) is 6.81. The van der Waals surface area contributed by atoms with Gasteiger partial charge in [0.15, 0.2) is 0 Å². The molecule has 1 unspecified atom stereocenters. The fourth-order valence-electron chi connectivity index (χ4n) is 3.09. The van der Waals surface area contributed by atoms with Crippen LogP contribution in [0.2, 0.25) is 5.02 Å². The number of carboxylic acid groups (broad SMARTS) is 1. The molecule has 3 N–H and O–H groups in total. The maximum Gasteiger partial charge on any atom is 0.320 e. The van der Waals surface area contributed by atoms with Crippen molar-refractivity contribution in [3.8, 4) is 0 Å². The van der Waals surface area contributed by atoms with Crippen LogP contribution in [0.5, 0.6) is 0 Å². The lowest BCUT2D eigenvalue weighted by Gasteiger charge is -2.41. The Hall–Kier alpha value is -1.59. The third-order valence-corrected chi connectivity index (χ3v) is 4.73. The molecular weight excluding hydrogens is 330 g/mol. The topological polar surface area (TPSA) is 89.6 Å². The summed E-state index contributed by atoms with van der Waals surface area (Å²) in [6.45, 7) is 1.81. The first-order valence-corrected chi connectivity index (χ1v) is 8.62. The molecule has 1 aliphatic rings. The van der Waals surface area contributed by atoms with Crippen molar-refractivity contribution in [2.45, 2.75) is 57.1 Å². The van der Waals surface area contributed by atoms with Gasteiger partial charge in [-0.05, 0) is 49.3 Å². The molecule has 1 aromatic carbocycles. The van der Waals surface area contributed by atoms with Gasteiger partial charge in [0.2, 0.25) is 0 Å². The van der Waals surface area contributed by atoms with E-state index in [0.29, 0.717) is 11.4 Å². The molecule has 24 heavy (non-hydrogen) atoms. The van der Waals surface area contributed by atoms with Crippen LogP contribution in [-0.4, -0.2) is 28.7 Å². The highest BCUT2D eigenvalue weighted by molar-refractivity contribution is 6.30. The zero-order valence-electron chi connectivity index (χ0n) is 13.8. The Bertz CT molecular complexity index is 600. The number of carboxylic acids is 1. The number of nitrogens with two attached hydrogens (primary N) is 1. The normalized spacial score (nSPS) is 18.3. The summed E-state index contributed by atoms with van der Waals surface area (Å²) in [5, 5.41) is 9.50. The van der Waals surface area contributed by atoms with Crippen LogP contribution < -0.4 is 5.73 Å². The van der Waals surface area contributed by atoms with E-state index in [2.05, 4.69) is 0 Å². The summed E-state index contributed by atoms with van der Waals surface area (Å²) >= 11 is 6.02. The van der Waals surface area contributed by atoms with Crippen molar-refractivity contribution in [2.75, 3.05) is 0 Å². The Balaban J connectivity index is 1.89. The molecule has 1 aliphatic carbocycles. The van der Waals surface area contributed by atoms with Crippen molar-refractivity contribution < 1.29 is 19.4 Å². The average Bonchev–Trinajstić information content (AvgIpc) is 2.44. The van der Waals surface area contributed by atoms with E-state index in [1.165, 1.54) is 0 Å². The molecule has 0 aliphatic heterocycles. The largest absolute Gasteiger partial charge is 0.480 e. The third-order valence-electron chi connectivity index (χ3n) is 4.50. The van der Waals surface area contributed by atoms with Gasteiger partial charge in [-0.2, -0.15) is 0 Å². The molecule has 2 rings (SSSR count). The Labute approximate surface area is 147 Å². The SMILES string of the molecule is CC(CC(=O)OC1(Cc2cccc(Cl)c2)CCC1)C[C@H](N)C(=O)O. The zero-order valence-corrected chi connectivity index (χ0v) is 14.6. The van der Waals surface area contributed by atoms with Gasteiger partial charge in [0, 0.05) is 17.9 Å². The van der Waals surface area contributed by atoms with E-state index in [9.17, 15) is 9.59 Å². The Kier molecular flexibility index (Phi) is 6.24. The minimum absolute atomic E-state index is 0.133. The van der Waals surface area contributed by atoms with Crippen molar-refractivity contribution in [1.29, 1.82) is 0 Å². The summed E-state index contributed by atoms with van der Waals surface area (Å²) in [6, 6.07) is 6.63. The van der Waals surface area contributed by atoms with E-state index in [0.717, 1.165) is 24.8 Å². The third kappa shape index (κ3) is 5.21. The van der Waals surface area contributed by atoms with Crippen LogP contribution in [-0.2, 0) is 20.7 Å². The summed E-state index contributed by atoms with van der Waals surface area (Å²) < 4.78 is 5.76. The fraction of sp³-hybridized carbons (Fsp3) is 0.556. The van der Waals surface area contributed by atoms with Crippen LogP contribution in [0.4, 0.5) is 0 Å². The summed E-state index contributed by atoms with van der Waals surface area (Å²) in [5.41, 5.74) is 6.11. The zero-order chi connectivity index (χ0) is 17.7. The maximum atomic E-state index is 12.2. The van der Waals surface area contributed by atoms with E-state index in [4.69, 9.17) is 27.2 Å². The number of hydrogen-bond acceptors (Lipinski definition) is 4. The molecular formula is C18H24ClNO4. The van der Waals surface area contributed by atoms with Crippen LogP contribution in [0, 0.1) is 5.92 Å². The van der Waals surface area contributed by atoms with Gasteiger partial charge in [-0.1, -0.05) is 30.7 Å². The lowest BCUT2D eigenvalue weighted by atomic mass is 9.75. The number of rotatable bonds is 8. The molecule has 0 bridgehead atoms. The van der Waals surface area contributed by atoms with E-state index in [1.807, 2.05) is 31.2 Å². The number of hydrogen-bond donors (Lipinski definition) is 2. The molecule has 5 nitrogen and oxygen atoms in total. The fourth-order valence-corrected chi connectivity index (χ4v) is 3.30. The van der Waals surface area contributed by atoms with Gasteiger partial charge in [0.25, 0.3) is 0 Å². The second-order valence-corrected chi connectivity index (χ2v) is 7.24. The Morgan fingerprint density at radius 1 is 1.42 bits per heavy atom. The molecule has 0 spiro atoms. The van der Waals surface area contributed by atoms with Crippen molar-refractivity contribution >= 4 is 23.5 Å². The highest BCUT2D eigenvalue weighted by Crippen LogP contribution is 2.39. The highest BCUT2D eigenvalue weighted by atomic mass is 35.5. The summed E-state index contributed by atoms with van der Waals surface area (Å²) in [7, 11) is 0. The molecule has 1 fully saturated rings. The number of carbonyl (C=O) groups excluding carboxylic acids is 1. The van der Waals surface area contributed by atoms with Crippen LogP contribution in [0.3, 0.4) is 0 Å². The molecule has 1 aromatic rings. The first kappa shape index (κ1) is 18.7. The van der Waals surface area contributed by atoms with Gasteiger partial charge in [-0.3, -0.25) is 9.59 Å². The van der Waals surface area contributed by atoms with Crippen LogP contribution in [0.1, 0.15) is 44.6 Å². The number of ether oxygens (including phenoxy) is 1. The number of benzene rings is 1. The highest BCUT2D eigenvalue weighted by Gasteiger charge is 2.41. The molecule has 0 saturated heterocycles. The van der Waals surface area contributed by atoms with Crippen molar-refractivity contribution in [1.82, 2.24) is 0 Å². The van der Waals surface area contributed by atoms with Gasteiger partial charge in [-0.15, -0.1) is 0 Å². The quantitative estimate of drug-likeness (QED) is 0.700.